The van der Waals surface area contributed by atoms with Crippen molar-refractivity contribution in [1.29, 1.82) is 10.5 Å². The van der Waals surface area contributed by atoms with Gasteiger partial charge in [-0.1, -0.05) is 158 Å². The van der Waals surface area contributed by atoms with E-state index in [1.165, 1.54) is 0 Å². The summed E-state index contributed by atoms with van der Waals surface area (Å²) in [6, 6.07) is 75.4. The molecule has 11 aromatic rings. The van der Waals surface area contributed by atoms with Crippen LogP contribution in [0.4, 0.5) is 0 Å². The summed E-state index contributed by atoms with van der Waals surface area (Å²) in [6.07, 6.45) is 0. The van der Waals surface area contributed by atoms with E-state index in [0.717, 1.165) is 83.6 Å². The van der Waals surface area contributed by atoms with E-state index in [1.54, 1.807) is 0 Å². The minimum atomic E-state index is 0.410. The third-order valence-corrected chi connectivity index (χ3v) is 11.7. The van der Waals surface area contributed by atoms with Crippen LogP contribution in [0.25, 0.3) is 106 Å². The van der Waals surface area contributed by atoms with Crippen LogP contribution in [0, 0.1) is 22.7 Å². The number of aromatic nitrogens is 5. The molecule has 3 heterocycles. The predicted molar refractivity (Wildman–Crippen MR) is 259 cm³/mol. The average molecular weight is 830 g/mol. The second-order valence-electron chi connectivity index (χ2n) is 15.7. The van der Waals surface area contributed by atoms with Gasteiger partial charge in [0.15, 0.2) is 11.6 Å². The number of hydrogen-bond donors (Lipinski definition) is 0. The second kappa shape index (κ2) is 16.5. The van der Waals surface area contributed by atoms with Gasteiger partial charge in [-0.05, 0) is 65.7 Å². The Bertz CT molecular complexity index is 3380. The molecule has 7 nitrogen and oxygen atoms in total. The maximum atomic E-state index is 10.9. The predicted octanol–water partition coefficient (Wildman–Crippen LogP) is 13.8. The lowest BCUT2D eigenvalue weighted by atomic mass is 9.99. The molecule has 3 aromatic heterocycles. The molecule has 0 saturated carbocycles. The SMILES string of the molecule is N#Cc1ccc(-c2ccc3c(c2)c2ccccc2n3-c2c(-c3nc(-c4ccccc4)cc(-c4ccccc4)n3)cc(C#N)cc2-c2nc(-c3ccccc3)cc(-c3ccccc3)n2)cc1. The van der Waals surface area contributed by atoms with Gasteiger partial charge in [-0.25, -0.2) is 19.9 Å². The second-order valence-corrected chi connectivity index (χ2v) is 15.7. The lowest BCUT2D eigenvalue weighted by Gasteiger charge is -2.20. The van der Waals surface area contributed by atoms with Gasteiger partial charge in [0.2, 0.25) is 0 Å². The molecule has 0 aliphatic rings. The Kier molecular flexibility index (Phi) is 9.82. The van der Waals surface area contributed by atoms with E-state index in [9.17, 15) is 10.5 Å². The topological polar surface area (TPSA) is 104 Å². The molecular formula is C58H35N7. The molecule has 0 aliphatic carbocycles. The molecule has 0 unspecified atom stereocenters. The van der Waals surface area contributed by atoms with Crippen molar-refractivity contribution in [3.63, 3.8) is 0 Å². The smallest absolute Gasteiger partial charge is 0.162 e. The Morgan fingerprint density at radius 2 is 0.723 bits per heavy atom. The third kappa shape index (κ3) is 7.26. The van der Waals surface area contributed by atoms with Crippen molar-refractivity contribution >= 4 is 21.8 Å². The Balaban J connectivity index is 1.27. The van der Waals surface area contributed by atoms with E-state index < -0.39 is 0 Å². The van der Waals surface area contributed by atoms with Crippen LogP contribution in [-0.4, -0.2) is 24.5 Å². The fourth-order valence-electron chi connectivity index (χ4n) is 8.57. The Labute approximate surface area is 375 Å². The highest BCUT2D eigenvalue weighted by atomic mass is 15.0. The molecule has 0 fully saturated rings. The van der Waals surface area contributed by atoms with Crippen LogP contribution in [0.5, 0.6) is 0 Å². The Morgan fingerprint density at radius 3 is 1.17 bits per heavy atom. The van der Waals surface area contributed by atoms with Crippen LogP contribution in [-0.2, 0) is 0 Å². The summed E-state index contributed by atoms with van der Waals surface area (Å²) in [5, 5.41) is 22.5. The molecule has 0 saturated heterocycles. The van der Waals surface area contributed by atoms with Gasteiger partial charge < -0.3 is 4.57 Å². The van der Waals surface area contributed by atoms with Gasteiger partial charge in [0.05, 0.1) is 62.8 Å². The fourth-order valence-corrected chi connectivity index (χ4v) is 8.57. The highest BCUT2D eigenvalue weighted by molar-refractivity contribution is 6.11. The highest BCUT2D eigenvalue weighted by Crippen LogP contribution is 2.43. The van der Waals surface area contributed by atoms with Gasteiger partial charge in [0, 0.05) is 44.2 Å². The molecule has 65 heavy (non-hydrogen) atoms. The number of rotatable bonds is 8. The summed E-state index contributed by atoms with van der Waals surface area (Å²) in [6.45, 7) is 0. The number of benzene rings is 8. The summed E-state index contributed by atoms with van der Waals surface area (Å²) < 4.78 is 2.25. The number of para-hydroxylation sites is 1. The molecule has 0 spiro atoms. The van der Waals surface area contributed by atoms with E-state index >= 15 is 0 Å². The number of fused-ring (bicyclic) bond motifs is 3. The molecule has 0 bridgehead atoms. The van der Waals surface area contributed by atoms with E-state index in [1.807, 2.05) is 176 Å². The molecule has 0 amide bonds. The molecule has 302 valence electrons. The summed E-state index contributed by atoms with van der Waals surface area (Å²) in [5.41, 5.74) is 13.6. The number of nitrogens with zero attached hydrogens (tertiary/aromatic N) is 7. The number of hydrogen-bond acceptors (Lipinski definition) is 6. The van der Waals surface area contributed by atoms with Crippen molar-refractivity contribution in [2.24, 2.45) is 0 Å². The van der Waals surface area contributed by atoms with Crippen molar-refractivity contribution in [1.82, 2.24) is 24.5 Å². The lowest BCUT2D eigenvalue weighted by Crippen LogP contribution is -2.06. The monoisotopic (exact) mass is 829 g/mol. The van der Waals surface area contributed by atoms with Gasteiger partial charge in [-0.2, -0.15) is 10.5 Å². The molecule has 0 aliphatic heterocycles. The standard InChI is InChI=1S/C58H35N7/c59-36-38-25-27-40(28-26-38)45-29-30-55-47(33-45)46-23-13-14-24-54(46)65(55)56-48(57-61-50(41-15-5-1-6-16-41)34-51(62-57)42-17-7-2-8-18-42)31-39(37-60)32-49(56)58-63-52(43-19-9-3-10-20-43)35-53(64-58)44-21-11-4-12-22-44/h1-35H. The van der Waals surface area contributed by atoms with E-state index in [-0.39, 0.29) is 0 Å². The minimum Gasteiger partial charge on any atom is -0.308 e. The lowest BCUT2D eigenvalue weighted by molar-refractivity contribution is 1.12. The van der Waals surface area contributed by atoms with E-state index in [2.05, 4.69) is 53.1 Å². The zero-order chi connectivity index (χ0) is 43.7. The Hall–Kier alpha value is -9.30. The van der Waals surface area contributed by atoms with Crippen LogP contribution >= 0.6 is 0 Å². The molecule has 0 radical (unpaired) electrons. The van der Waals surface area contributed by atoms with Crippen molar-refractivity contribution in [3.05, 3.63) is 223 Å². The number of nitriles is 2. The first-order valence-electron chi connectivity index (χ1n) is 21.2. The molecular weight excluding hydrogens is 795 g/mol. The molecule has 11 rings (SSSR count). The first-order valence-corrected chi connectivity index (χ1v) is 21.2. The van der Waals surface area contributed by atoms with Crippen LogP contribution in [0.3, 0.4) is 0 Å². The normalized spacial score (nSPS) is 11.0. The van der Waals surface area contributed by atoms with E-state index in [4.69, 9.17) is 19.9 Å². The third-order valence-electron chi connectivity index (χ3n) is 11.7. The van der Waals surface area contributed by atoms with Gasteiger partial charge >= 0.3 is 0 Å². The van der Waals surface area contributed by atoms with E-state index in [0.29, 0.717) is 33.9 Å². The van der Waals surface area contributed by atoms with Crippen molar-refractivity contribution in [2.45, 2.75) is 0 Å². The first-order chi connectivity index (χ1) is 32.1. The van der Waals surface area contributed by atoms with Gasteiger partial charge in [-0.3, -0.25) is 0 Å². The average Bonchev–Trinajstić information content (AvgIpc) is 3.72. The summed E-state index contributed by atoms with van der Waals surface area (Å²) in [7, 11) is 0. The van der Waals surface area contributed by atoms with Crippen molar-refractivity contribution in [2.75, 3.05) is 0 Å². The molecule has 8 aromatic carbocycles. The molecule has 0 N–H and O–H groups in total. The zero-order valence-corrected chi connectivity index (χ0v) is 34.8. The van der Waals surface area contributed by atoms with Crippen molar-refractivity contribution in [3.8, 4) is 96.8 Å². The highest BCUT2D eigenvalue weighted by Gasteiger charge is 2.26. The van der Waals surface area contributed by atoms with Gasteiger partial charge in [0.1, 0.15) is 0 Å². The van der Waals surface area contributed by atoms with Crippen LogP contribution in [0.1, 0.15) is 11.1 Å². The quantitative estimate of drug-likeness (QED) is 0.151. The summed E-state index contributed by atoms with van der Waals surface area (Å²) in [4.78, 5) is 21.4. The minimum absolute atomic E-state index is 0.410. The summed E-state index contributed by atoms with van der Waals surface area (Å²) >= 11 is 0. The maximum absolute atomic E-state index is 10.9. The van der Waals surface area contributed by atoms with Crippen molar-refractivity contribution < 1.29 is 0 Å². The van der Waals surface area contributed by atoms with Crippen LogP contribution < -0.4 is 0 Å². The molecule has 7 heteroatoms. The van der Waals surface area contributed by atoms with Gasteiger partial charge in [-0.15, -0.1) is 0 Å². The van der Waals surface area contributed by atoms with Gasteiger partial charge in [0.25, 0.3) is 0 Å². The summed E-state index contributed by atoms with van der Waals surface area (Å²) in [5.74, 6) is 0.891. The molecule has 0 atom stereocenters. The largest absolute Gasteiger partial charge is 0.308 e. The van der Waals surface area contributed by atoms with Crippen LogP contribution in [0.2, 0.25) is 0 Å². The fraction of sp³-hybridized carbons (Fsp3) is 0. The zero-order valence-electron chi connectivity index (χ0n) is 34.8. The van der Waals surface area contributed by atoms with Crippen LogP contribution in [0.15, 0.2) is 212 Å². The Morgan fingerprint density at radius 1 is 0.323 bits per heavy atom. The first kappa shape index (κ1) is 38.6. The maximum Gasteiger partial charge on any atom is 0.162 e.